The number of anilines is 2. The predicted octanol–water partition coefficient (Wildman–Crippen LogP) is 3.39. The van der Waals surface area contributed by atoms with Gasteiger partial charge in [-0.25, -0.2) is 8.78 Å². The van der Waals surface area contributed by atoms with E-state index in [-0.39, 0.29) is 0 Å². The van der Waals surface area contributed by atoms with Crippen LogP contribution in [-0.4, -0.2) is 25.2 Å². The van der Waals surface area contributed by atoms with E-state index >= 15 is 0 Å². The van der Waals surface area contributed by atoms with Crippen molar-refractivity contribution in [1.82, 2.24) is 5.32 Å². The quantitative estimate of drug-likeness (QED) is 0.826. The van der Waals surface area contributed by atoms with Crippen molar-refractivity contribution in [2.45, 2.75) is 0 Å². The van der Waals surface area contributed by atoms with E-state index in [0.29, 0.717) is 17.3 Å². The van der Waals surface area contributed by atoms with Gasteiger partial charge in [-0.2, -0.15) is 0 Å². The second-order valence-electron chi connectivity index (χ2n) is 4.77. The average Bonchev–Trinajstić information content (AvgIpc) is 2.51. The Balaban J connectivity index is 1.77. The van der Waals surface area contributed by atoms with Crippen molar-refractivity contribution in [3.8, 4) is 0 Å². The Morgan fingerprint density at radius 1 is 1.09 bits per heavy atom. The van der Waals surface area contributed by atoms with Crippen LogP contribution in [0.3, 0.4) is 0 Å². The van der Waals surface area contributed by atoms with Crippen LogP contribution in [0.2, 0.25) is 0 Å². The molecule has 0 saturated carbocycles. The van der Waals surface area contributed by atoms with Crippen LogP contribution in [0.5, 0.6) is 0 Å². The van der Waals surface area contributed by atoms with Crippen LogP contribution in [0.25, 0.3) is 0 Å². The van der Waals surface area contributed by atoms with Gasteiger partial charge in [-0.05, 0) is 36.5 Å². The molecule has 2 aromatic rings. The van der Waals surface area contributed by atoms with Gasteiger partial charge in [0.25, 0.3) is 0 Å². The van der Waals surface area contributed by atoms with Crippen LogP contribution in [0.15, 0.2) is 48.5 Å². The Morgan fingerprint density at radius 2 is 1.82 bits per heavy atom. The summed E-state index contributed by atoms with van der Waals surface area (Å²) in [5, 5.41) is 6.21. The maximum atomic E-state index is 13.1. The van der Waals surface area contributed by atoms with Gasteiger partial charge in [0.1, 0.15) is 0 Å². The third kappa shape index (κ3) is 4.66. The van der Waals surface area contributed by atoms with Gasteiger partial charge < -0.3 is 15.5 Å². The molecule has 0 aliphatic carbocycles. The number of halogens is 2. The molecule has 0 aliphatic heterocycles. The lowest BCUT2D eigenvalue weighted by atomic mass is 10.3. The number of thiocarbonyl (C=S) groups is 1. The Labute approximate surface area is 133 Å². The smallest absolute Gasteiger partial charge is 0.170 e. The number of nitrogens with zero attached hydrogens (tertiary/aromatic N) is 1. The molecular formula is C16H17F2N3S. The maximum absolute atomic E-state index is 13.1. The Kier molecular flexibility index (Phi) is 5.66. The van der Waals surface area contributed by atoms with E-state index in [0.717, 1.165) is 24.4 Å². The van der Waals surface area contributed by atoms with Gasteiger partial charge in [-0.15, -0.1) is 0 Å². The van der Waals surface area contributed by atoms with E-state index in [9.17, 15) is 8.78 Å². The van der Waals surface area contributed by atoms with Crippen LogP contribution in [-0.2, 0) is 0 Å². The number of para-hydroxylation sites is 1. The molecule has 0 atom stereocenters. The van der Waals surface area contributed by atoms with E-state index in [2.05, 4.69) is 15.5 Å². The van der Waals surface area contributed by atoms with Gasteiger partial charge >= 0.3 is 0 Å². The standard InChI is InChI=1S/C16H17F2N3S/c1-21(13-5-3-2-4-6-13)10-9-19-16(22)20-12-7-8-14(17)15(18)11-12/h2-8,11H,9-10H2,1H3,(H2,19,20,22). The molecule has 0 bridgehead atoms. The first-order valence-electron chi connectivity index (χ1n) is 6.82. The van der Waals surface area contributed by atoms with E-state index in [1.165, 1.54) is 6.07 Å². The van der Waals surface area contributed by atoms with Crippen molar-refractivity contribution in [2.75, 3.05) is 30.4 Å². The monoisotopic (exact) mass is 321 g/mol. The third-order valence-corrected chi connectivity index (χ3v) is 3.35. The summed E-state index contributed by atoms with van der Waals surface area (Å²) in [5.74, 6) is -1.79. The summed E-state index contributed by atoms with van der Waals surface area (Å²) in [5.41, 5.74) is 1.52. The third-order valence-electron chi connectivity index (χ3n) is 3.11. The van der Waals surface area contributed by atoms with E-state index < -0.39 is 11.6 Å². The minimum absolute atomic E-state index is 0.368. The largest absolute Gasteiger partial charge is 0.373 e. The van der Waals surface area contributed by atoms with Crippen LogP contribution in [0.4, 0.5) is 20.2 Å². The van der Waals surface area contributed by atoms with Crippen LogP contribution < -0.4 is 15.5 Å². The summed E-state index contributed by atoms with van der Waals surface area (Å²) in [4.78, 5) is 2.09. The molecule has 3 nitrogen and oxygen atoms in total. The Morgan fingerprint density at radius 3 is 2.50 bits per heavy atom. The Hall–Kier alpha value is -2.21. The first-order valence-corrected chi connectivity index (χ1v) is 7.23. The molecule has 0 radical (unpaired) electrons. The normalized spacial score (nSPS) is 10.1. The van der Waals surface area contributed by atoms with Crippen molar-refractivity contribution in [1.29, 1.82) is 0 Å². The molecular weight excluding hydrogens is 304 g/mol. The van der Waals surface area contributed by atoms with E-state index in [4.69, 9.17) is 12.2 Å². The molecule has 2 aromatic carbocycles. The van der Waals surface area contributed by atoms with Crippen LogP contribution in [0.1, 0.15) is 0 Å². The number of nitrogens with one attached hydrogen (secondary N) is 2. The second-order valence-corrected chi connectivity index (χ2v) is 5.18. The van der Waals surface area contributed by atoms with Gasteiger partial charge in [0.05, 0.1) is 0 Å². The SMILES string of the molecule is CN(CCNC(=S)Nc1ccc(F)c(F)c1)c1ccccc1. The van der Waals surface area contributed by atoms with E-state index in [1.807, 2.05) is 37.4 Å². The number of hydrogen-bond acceptors (Lipinski definition) is 2. The topological polar surface area (TPSA) is 27.3 Å². The number of hydrogen-bond donors (Lipinski definition) is 2. The lowest BCUT2D eigenvalue weighted by Gasteiger charge is -2.20. The molecule has 0 aliphatic rings. The summed E-state index contributed by atoms with van der Waals surface area (Å²) < 4.78 is 25.9. The summed E-state index contributed by atoms with van der Waals surface area (Å²) in [6.07, 6.45) is 0. The molecule has 0 spiro atoms. The van der Waals surface area contributed by atoms with Gasteiger partial charge in [-0.1, -0.05) is 18.2 Å². The fourth-order valence-electron chi connectivity index (χ4n) is 1.90. The molecule has 0 fully saturated rings. The lowest BCUT2D eigenvalue weighted by Crippen LogP contribution is -2.35. The summed E-state index contributed by atoms with van der Waals surface area (Å²) in [6.45, 7) is 1.38. The Bertz CT molecular complexity index is 635. The minimum Gasteiger partial charge on any atom is -0.373 e. The highest BCUT2D eigenvalue weighted by molar-refractivity contribution is 7.80. The molecule has 116 valence electrons. The average molecular weight is 321 g/mol. The van der Waals surface area contributed by atoms with Gasteiger partial charge in [0.15, 0.2) is 16.7 Å². The number of benzene rings is 2. The molecule has 22 heavy (non-hydrogen) atoms. The first-order chi connectivity index (χ1) is 10.6. The summed E-state index contributed by atoms with van der Waals surface area (Å²) in [6, 6.07) is 13.5. The highest BCUT2D eigenvalue weighted by Crippen LogP contribution is 2.13. The lowest BCUT2D eigenvalue weighted by molar-refractivity contribution is 0.509. The second kappa shape index (κ2) is 7.70. The van der Waals surface area contributed by atoms with Crippen molar-refractivity contribution in [3.63, 3.8) is 0 Å². The highest BCUT2D eigenvalue weighted by atomic mass is 32.1. The van der Waals surface area contributed by atoms with Crippen molar-refractivity contribution >= 4 is 28.7 Å². The van der Waals surface area contributed by atoms with Crippen LogP contribution >= 0.6 is 12.2 Å². The van der Waals surface area contributed by atoms with Gasteiger partial charge in [0, 0.05) is 37.6 Å². The molecule has 0 amide bonds. The number of likely N-dealkylation sites (N-methyl/N-ethyl adjacent to an activating group) is 1. The predicted molar refractivity (Wildman–Crippen MR) is 90.3 cm³/mol. The summed E-state index contributed by atoms with van der Waals surface area (Å²) in [7, 11) is 1.99. The molecule has 6 heteroatoms. The highest BCUT2D eigenvalue weighted by Gasteiger charge is 2.04. The maximum Gasteiger partial charge on any atom is 0.170 e. The molecule has 2 rings (SSSR count). The summed E-state index contributed by atoms with van der Waals surface area (Å²) >= 11 is 5.12. The molecule has 2 N–H and O–H groups in total. The minimum atomic E-state index is -0.906. The molecule has 0 unspecified atom stereocenters. The fraction of sp³-hybridized carbons (Fsp3) is 0.188. The van der Waals surface area contributed by atoms with Gasteiger partial charge in [0.2, 0.25) is 0 Å². The van der Waals surface area contributed by atoms with Crippen LogP contribution in [0, 0.1) is 11.6 Å². The fourth-order valence-corrected chi connectivity index (χ4v) is 2.12. The van der Waals surface area contributed by atoms with Gasteiger partial charge in [-0.3, -0.25) is 0 Å². The zero-order valence-corrected chi connectivity index (χ0v) is 13.0. The van der Waals surface area contributed by atoms with E-state index in [1.54, 1.807) is 0 Å². The zero-order valence-electron chi connectivity index (χ0n) is 12.1. The van der Waals surface area contributed by atoms with Crippen molar-refractivity contribution in [3.05, 3.63) is 60.2 Å². The molecule has 0 aromatic heterocycles. The molecule has 0 heterocycles. The number of rotatable bonds is 5. The van der Waals surface area contributed by atoms with Crippen molar-refractivity contribution < 1.29 is 8.78 Å². The molecule has 0 saturated heterocycles. The van der Waals surface area contributed by atoms with Crippen molar-refractivity contribution in [2.24, 2.45) is 0 Å². The zero-order chi connectivity index (χ0) is 15.9. The first kappa shape index (κ1) is 16.2.